The van der Waals surface area contributed by atoms with E-state index < -0.39 is 16.0 Å². The number of sulfonamides is 1. The minimum atomic E-state index is -3.76. The molecule has 0 N–H and O–H groups in total. The van der Waals surface area contributed by atoms with E-state index in [1.54, 1.807) is 12.1 Å². The second kappa shape index (κ2) is 10.1. The van der Waals surface area contributed by atoms with Crippen molar-refractivity contribution in [2.24, 2.45) is 0 Å². The number of carbonyl (C=O) groups is 1. The molecule has 0 radical (unpaired) electrons. The van der Waals surface area contributed by atoms with Crippen LogP contribution in [-0.2, 0) is 14.8 Å². The summed E-state index contributed by atoms with van der Waals surface area (Å²) in [6.45, 7) is 1.17. The van der Waals surface area contributed by atoms with Gasteiger partial charge < -0.3 is 9.47 Å². The number of carbonyl (C=O) groups excluding carboxylic acids is 1. The van der Waals surface area contributed by atoms with Crippen LogP contribution >= 0.6 is 11.6 Å². The Morgan fingerprint density at radius 3 is 2.34 bits per heavy atom. The van der Waals surface area contributed by atoms with E-state index in [-0.39, 0.29) is 28.7 Å². The molecule has 1 fully saturated rings. The van der Waals surface area contributed by atoms with Crippen molar-refractivity contribution in [1.82, 2.24) is 4.31 Å². The molecule has 6 nitrogen and oxygen atoms in total. The van der Waals surface area contributed by atoms with E-state index in [9.17, 15) is 13.2 Å². The molecule has 0 amide bonds. The Morgan fingerprint density at radius 1 is 0.966 bits per heavy atom. The van der Waals surface area contributed by atoms with Gasteiger partial charge in [-0.2, -0.15) is 4.31 Å². The molecular formula is C21H24ClNO5S. The van der Waals surface area contributed by atoms with Crippen LogP contribution in [0, 0.1) is 0 Å². The van der Waals surface area contributed by atoms with Gasteiger partial charge in [-0.25, -0.2) is 13.2 Å². The average molecular weight is 438 g/mol. The van der Waals surface area contributed by atoms with Crippen molar-refractivity contribution in [3.8, 4) is 5.75 Å². The number of para-hydroxylation sites is 1. The van der Waals surface area contributed by atoms with Gasteiger partial charge in [-0.3, -0.25) is 0 Å². The number of hydrogen-bond donors (Lipinski definition) is 0. The van der Waals surface area contributed by atoms with Gasteiger partial charge in [0.1, 0.15) is 23.9 Å². The Hall–Kier alpha value is -2.09. The first-order valence-corrected chi connectivity index (χ1v) is 11.4. The fraction of sp³-hybridized carbons (Fsp3) is 0.381. The molecule has 1 heterocycles. The molecule has 0 aliphatic carbocycles. The molecule has 0 bridgehead atoms. The smallest absolute Gasteiger partial charge is 0.338 e. The standard InChI is InChI=1S/C21H24ClNO5S/c22-19-11-10-17(21(24)28-15-14-27-18-8-4-3-5-9-18)16-20(19)29(25,26)23-12-6-1-2-7-13-23/h3-5,8-11,16H,1-2,6-7,12-15H2. The lowest BCUT2D eigenvalue weighted by Gasteiger charge is -2.21. The van der Waals surface area contributed by atoms with E-state index in [1.165, 1.54) is 22.5 Å². The first kappa shape index (κ1) is 21.6. The molecule has 29 heavy (non-hydrogen) atoms. The van der Waals surface area contributed by atoms with Crippen molar-refractivity contribution in [2.75, 3.05) is 26.3 Å². The SMILES string of the molecule is O=C(OCCOc1ccccc1)c1ccc(Cl)c(S(=O)(=O)N2CCCCCC2)c1. The fourth-order valence-electron chi connectivity index (χ4n) is 3.14. The third-order valence-electron chi connectivity index (χ3n) is 4.68. The van der Waals surface area contributed by atoms with E-state index in [4.69, 9.17) is 21.1 Å². The second-order valence-electron chi connectivity index (χ2n) is 6.76. The van der Waals surface area contributed by atoms with E-state index in [0.717, 1.165) is 25.7 Å². The zero-order chi connectivity index (χ0) is 20.7. The first-order valence-electron chi connectivity index (χ1n) is 9.63. The Kier molecular flexibility index (Phi) is 7.52. The lowest BCUT2D eigenvalue weighted by atomic mass is 10.2. The third-order valence-corrected chi connectivity index (χ3v) is 7.06. The van der Waals surface area contributed by atoms with Crippen molar-refractivity contribution < 1.29 is 22.7 Å². The molecule has 0 atom stereocenters. The molecule has 1 aliphatic rings. The summed E-state index contributed by atoms with van der Waals surface area (Å²) in [5.74, 6) is 0.0616. The van der Waals surface area contributed by atoms with Gasteiger partial charge in [0.15, 0.2) is 0 Å². The highest BCUT2D eigenvalue weighted by Crippen LogP contribution is 2.28. The molecule has 1 saturated heterocycles. The van der Waals surface area contributed by atoms with Crippen LogP contribution in [0.15, 0.2) is 53.4 Å². The van der Waals surface area contributed by atoms with Crippen LogP contribution in [0.2, 0.25) is 5.02 Å². The Morgan fingerprint density at radius 2 is 1.66 bits per heavy atom. The number of benzene rings is 2. The molecule has 0 saturated carbocycles. The maximum Gasteiger partial charge on any atom is 0.338 e. The molecule has 2 aromatic rings. The van der Waals surface area contributed by atoms with Crippen LogP contribution in [0.3, 0.4) is 0 Å². The predicted octanol–water partition coefficient (Wildman–Crippen LogP) is 4.14. The van der Waals surface area contributed by atoms with Crippen LogP contribution < -0.4 is 4.74 Å². The van der Waals surface area contributed by atoms with Crippen LogP contribution in [0.5, 0.6) is 5.75 Å². The van der Waals surface area contributed by atoms with Crippen molar-refractivity contribution in [3.63, 3.8) is 0 Å². The lowest BCUT2D eigenvalue weighted by molar-refractivity contribution is 0.0450. The molecule has 156 valence electrons. The van der Waals surface area contributed by atoms with Crippen LogP contribution in [-0.4, -0.2) is 45.0 Å². The maximum atomic E-state index is 13.0. The van der Waals surface area contributed by atoms with Gasteiger partial charge in [0.2, 0.25) is 10.0 Å². The lowest BCUT2D eigenvalue weighted by Crippen LogP contribution is -2.32. The Bertz CT molecular complexity index is 925. The topological polar surface area (TPSA) is 72.9 Å². The molecular weight excluding hydrogens is 414 g/mol. The second-order valence-corrected chi connectivity index (χ2v) is 9.07. The zero-order valence-electron chi connectivity index (χ0n) is 16.1. The van der Waals surface area contributed by atoms with Crippen LogP contribution in [0.4, 0.5) is 0 Å². The molecule has 0 unspecified atom stereocenters. The molecule has 8 heteroatoms. The largest absolute Gasteiger partial charge is 0.490 e. The van der Waals surface area contributed by atoms with Gasteiger partial charge in [-0.1, -0.05) is 42.6 Å². The number of nitrogens with zero attached hydrogens (tertiary/aromatic N) is 1. The first-order chi connectivity index (χ1) is 14.0. The number of hydrogen-bond acceptors (Lipinski definition) is 5. The van der Waals surface area contributed by atoms with E-state index in [0.29, 0.717) is 18.8 Å². The van der Waals surface area contributed by atoms with Crippen molar-refractivity contribution in [2.45, 2.75) is 30.6 Å². The van der Waals surface area contributed by atoms with Crippen molar-refractivity contribution >= 4 is 27.6 Å². The van der Waals surface area contributed by atoms with E-state index in [2.05, 4.69) is 0 Å². The monoisotopic (exact) mass is 437 g/mol. The van der Waals surface area contributed by atoms with Crippen molar-refractivity contribution in [1.29, 1.82) is 0 Å². The molecule has 2 aromatic carbocycles. The zero-order valence-corrected chi connectivity index (χ0v) is 17.6. The van der Waals surface area contributed by atoms with E-state index in [1.807, 2.05) is 18.2 Å². The molecule has 0 aromatic heterocycles. The summed E-state index contributed by atoms with van der Waals surface area (Å²) in [6.07, 6.45) is 3.66. The average Bonchev–Trinajstić information content (AvgIpc) is 3.02. The van der Waals surface area contributed by atoms with Crippen molar-refractivity contribution in [3.05, 3.63) is 59.1 Å². The highest BCUT2D eigenvalue weighted by atomic mass is 35.5. The quantitative estimate of drug-likeness (QED) is 0.480. The molecule has 0 spiro atoms. The molecule has 1 aliphatic heterocycles. The highest BCUT2D eigenvalue weighted by molar-refractivity contribution is 7.89. The summed E-state index contributed by atoms with van der Waals surface area (Å²) in [5, 5.41) is 0.0956. The number of esters is 1. The summed E-state index contributed by atoms with van der Waals surface area (Å²) in [7, 11) is -3.76. The predicted molar refractivity (Wildman–Crippen MR) is 111 cm³/mol. The van der Waals surface area contributed by atoms with Gasteiger partial charge in [-0.05, 0) is 43.2 Å². The minimum Gasteiger partial charge on any atom is -0.490 e. The van der Waals surface area contributed by atoms with Gasteiger partial charge in [-0.15, -0.1) is 0 Å². The number of halogens is 1. The minimum absolute atomic E-state index is 0.0462. The van der Waals surface area contributed by atoms with Gasteiger partial charge in [0.25, 0.3) is 0 Å². The summed E-state index contributed by atoms with van der Waals surface area (Å²) in [4.78, 5) is 12.3. The van der Waals surface area contributed by atoms with Gasteiger partial charge >= 0.3 is 5.97 Å². The normalized spacial score (nSPS) is 15.5. The number of rotatable bonds is 7. The highest BCUT2D eigenvalue weighted by Gasteiger charge is 2.28. The van der Waals surface area contributed by atoms with Crippen LogP contribution in [0.1, 0.15) is 36.0 Å². The maximum absolute atomic E-state index is 13.0. The summed E-state index contributed by atoms with van der Waals surface area (Å²) in [6, 6.07) is 13.4. The van der Waals surface area contributed by atoms with Gasteiger partial charge in [0, 0.05) is 13.1 Å². The van der Waals surface area contributed by atoms with Crippen LogP contribution in [0.25, 0.3) is 0 Å². The summed E-state index contributed by atoms with van der Waals surface area (Å²) >= 11 is 6.16. The fourth-order valence-corrected chi connectivity index (χ4v) is 5.16. The number of ether oxygens (including phenoxy) is 2. The Balaban J connectivity index is 1.65. The Labute approximate surface area is 176 Å². The summed E-state index contributed by atoms with van der Waals surface area (Å²) < 4.78 is 38.2. The molecule has 3 rings (SSSR count). The van der Waals surface area contributed by atoms with Gasteiger partial charge in [0.05, 0.1) is 10.6 Å². The van der Waals surface area contributed by atoms with E-state index >= 15 is 0 Å². The summed E-state index contributed by atoms with van der Waals surface area (Å²) in [5.41, 5.74) is 0.141. The third kappa shape index (κ3) is 5.72.